The van der Waals surface area contributed by atoms with E-state index in [-0.39, 0.29) is 11.1 Å². The summed E-state index contributed by atoms with van der Waals surface area (Å²) in [7, 11) is 0. The van der Waals surface area contributed by atoms with Gasteiger partial charge < -0.3 is 4.74 Å². The van der Waals surface area contributed by atoms with E-state index in [0.29, 0.717) is 16.8 Å². The van der Waals surface area contributed by atoms with E-state index in [1.807, 2.05) is 19.9 Å². The number of nitro groups is 1. The van der Waals surface area contributed by atoms with Gasteiger partial charge in [0.25, 0.3) is 0 Å². The van der Waals surface area contributed by atoms with Crippen molar-refractivity contribution in [1.82, 2.24) is 0 Å². The maximum Gasteiger partial charge on any atom is 0.312 e. The van der Waals surface area contributed by atoms with Gasteiger partial charge in [0.15, 0.2) is 5.75 Å². The topological polar surface area (TPSA) is 52.4 Å². The highest BCUT2D eigenvalue weighted by Gasteiger charge is 2.23. The predicted molar refractivity (Wildman–Crippen MR) is 78.6 cm³/mol. The van der Waals surface area contributed by atoms with Crippen molar-refractivity contribution in [2.45, 2.75) is 20.8 Å². The van der Waals surface area contributed by atoms with Crippen molar-refractivity contribution in [2.24, 2.45) is 5.41 Å². The lowest BCUT2D eigenvalue weighted by Gasteiger charge is -2.22. The van der Waals surface area contributed by atoms with Gasteiger partial charge >= 0.3 is 5.69 Å². The lowest BCUT2D eigenvalue weighted by Crippen LogP contribution is -2.23. The van der Waals surface area contributed by atoms with Gasteiger partial charge in [-0.3, -0.25) is 10.1 Å². The first-order valence-corrected chi connectivity index (χ1v) is 7.31. The number of rotatable bonds is 5. The Morgan fingerprint density at radius 2 is 2.06 bits per heavy atom. The zero-order valence-corrected chi connectivity index (χ0v) is 13.7. The highest BCUT2D eigenvalue weighted by molar-refractivity contribution is 9.10. The van der Waals surface area contributed by atoms with Gasteiger partial charge in [-0.1, -0.05) is 45.7 Å². The van der Waals surface area contributed by atoms with Crippen LogP contribution in [0.5, 0.6) is 5.75 Å². The fourth-order valence-electron chi connectivity index (χ4n) is 1.34. The molecule has 100 valence electrons. The Morgan fingerprint density at radius 1 is 1.44 bits per heavy atom. The fraction of sp³-hybridized carbons (Fsp3) is 0.500. The van der Waals surface area contributed by atoms with Crippen molar-refractivity contribution in [3.63, 3.8) is 0 Å². The molecule has 0 aliphatic carbocycles. The highest BCUT2D eigenvalue weighted by atomic mass is 79.9. The van der Waals surface area contributed by atoms with E-state index in [1.54, 1.807) is 6.92 Å². The van der Waals surface area contributed by atoms with Gasteiger partial charge in [-0.2, -0.15) is 0 Å². The molecule has 18 heavy (non-hydrogen) atoms. The van der Waals surface area contributed by atoms with Crippen LogP contribution >= 0.6 is 31.9 Å². The molecule has 0 fully saturated rings. The van der Waals surface area contributed by atoms with E-state index < -0.39 is 4.92 Å². The molecule has 1 aromatic rings. The standard InChI is InChI=1S/C12H15Br2NO3/c1-8-4-9(14)5-10(15(16)17)11(8)18-7-12(2,3)6-13/h4-5H,6-7H2,1-3H3. The number of ether oxygens (including phenoxy) is 1. The van der Waals surface area contributed by atoms with Crippen LogP contribution in [0.25, 0.3) is 0 Å². The molecule has 0 amide bonds. The molecule has 0 bridgehead atoms. The first-order valence-electron chi connectivity index (χ1n) is 5.40. The predicted octanol–water partition coefficient (Wildman–Crippen LogP) is 4.47. The number of halogens is 2. The van der Waals surface area contributed by atoms with Crippen LogP contribution in [0.2, 0.25) is 0 Å². The summed E-state index contributed by atoms with van der Waals surface area (Å²) >= 11 is 6.65. The second-order valence-corrected chi connectivity index (χ2v) is 6.39. The molecule has 0 aromatic heterocycles. The first-order chi connectivity index (χ1) is 8.26. The van der Waals surface area contributed by atoms with Crippen LogP contribution in [-0.4, -0.2) is 16.9 Å². The quantitative estimate of drug-likeness (QED) is 0.430. The molecule has 6 heteroatoms. The van der Waals surface area contributed by atoms with Crippen molar-refractivity contribution in [1.29, 1.82) is 0 Å². The van der Waals surface area contributed by atoms with Crippen molar-refractivity contribution < 1.29 is 9.66 Å². The van der Waals surface area contributed by atoms with Gasteiger partial charge in [-0.05, 0) is 18.6 Å². The number of hydrogen-bond acceptors (Lipinski definition) is 3. The number of aryl methyl sites for hydroxylation is 1. The third kappa shape index (κ3) is 3.95. The summed E-state index contributed by atoms with van der Waals surface area (Å²) in [5.41, 5.74) is 0.668. The molecule has 0 saturated heterocycles. The van der Waals surface area contributed by atoms with Crippen LogP contribution < -0.4 is 4.74 Å². The summed E-state index contributed by atoms with van der Waals surface area (Å²) in [6.45, 7) is 6.28. The normalized spacial score (nSPS) is 11.4. The monoisotopic (exact) mass is 379 g/mol. The van der Waals surface area contributed by atoms with Crippen LogP contribution in [0.15, 0.2) is 16.6 Å². The molecule has 1 aromatic carbocycles. The summed E-state index contributed by atoms with van der Waals surface area (Å²) in [4.78, 5) is 10.6. The lowest BCUT2D eigenvalue weighted by molar-refractivity contribution is -0.386. The van der Waals surface area contributed by atoms with Crippen LogP contribution in [0.1, 0.15) is 19.4 Å². The maximum atomic E-state index is 11.0. The molecule has 0 spiro atoms. The number of nitro benzene ring substituents is 1. The SMILES string of the molecule is Cc1cc(Br)cc([N+](=O)[O-])c1OCC(C)(C)CBr. The number of alkyl halides is 1. The van der Waals surface area contributed by atoms with Gasteiger partial charge in [0.2, 0.25) is 0 Å². The molecule has 0 unspecified atom stereocenters. The fourth-order valence-corrected chi connectivity index (χ4v) is 2.06. The number of benzene rings is 1. The molecule has 0 aliphatic heterocycles. The Hall–Kier alpha value is -0.620. The van der Waals surface area contributed by atoms with Crippen molar-refractivity contribution in [2.75, 3.05) is 11.9 Å². The van der Waals surface area contributed by atoms with Crippen LogP contribution in [0.4, 0.5) is 5.69 Å². The zero-order valence-electron chi connectivity index (χ0n) is 10.5. The van der Waals surface area contributed by atoms with Gasteiger partial charge in [-0.25, -0.2) is 0 Å². The summed E-state index contributed by atoms with van der Waals surface area (Å²) in [6, 6.07) is 3.27. The van der Waals surface area contributed by atoms with Crippen LogP contribution in [-0.2, 0) is 0 Å². The highest BCUT2D eigenvalue weighted by Crippen LogP contribution is 2.35. The maximum absolute atomic E-state index is 11.0. The van der Waals surface area contributed by atoms with E-state index in [1.165, 1.54) is 6.07 Å². The molecule has 0 atom stereocenters. The van der Waals surface area contributed by atoms with Crippen molar-refractivity contribution in [3.05, 3.63) is 32.3 Å². The summed E-state index contributed by atoms with van der Waals surface area (Å²) in [5, 5.41) is 11.8. The first kappa shape index (κ1) is 15.4. The molecule has 0 saturated carbocycles. The summed E-state index contributed by atoms with van der Waals surface area (Å²) in [6.07, 6.45) is 0. The van der Waals surface area contributed by atoms with Crippen molar-refractivity contribution >= 4 is 37.5 Å². The smallest absolute Gasteiger partial charge is 0.312 e. The van der Waals surface area contributed by atoms with Crippen LogP contribution in [0.3, 0.4) is 0 Å². The average Bonchev–Trinajstić information content (AvgIpc) is 2.26. The minimum absolute atomic E-state index is 0.00718. The zero-order chi connectivity index (χ0) is 13.9. The second-order valence-electron chi connectivity index (χ2n) is 4.91. The Bertz CT molecular complexity index is 461. The molecule has 4 nitrogen and oxygen atoms in total. The van der Waals surface area contributed by atoms with Crippen LogP contribution in [0, 0.1) is 22.5 Å². The Kier molecular flexibility index (Phi) is 5.16. The lowest BCUT2D eigenvalue weighted by atomic mass is 9.98. The number of nitrogens with zero attached hydrogens (tertiary/aromatic N) is 1. The van der Waals surface area contributed by atoms with Gasteiger partial charge in [0.1, 0.15) is 0 Å². The molecule has 0 aliphatic rings. The van der Waals surface area contributed by atoms with Gasteiger partial charge in [0, 0.05) is 21.3 Å². The summed E-state index contributed by atoms with van der Waals surface area (Å²) in [5.74, 6) is 0.345. The van der Waals surface area contributed by atoms with E-state index in [0.717, 1.165) is 10.9 Å². The average molecular weight is 381 g/mol. The van der Waals surface area contributed by atoms with Gasteiger partial charge in [0.05, 0.1) is 11.5 Å². The minimum atomic E-state index is -0.422. The molecule has 0 radical (unpaired) electrons. The van der Waals surface area contributed by atoms with Crippen molar-refractivity contribution in [3.8, 4) is 5.75 Å². The Morgan fingerprint density at radius 3 is 2.56 bits per heavy atom. The Labute approximate surface area is 123 Å². The van der Waals surface area contributed by atoms with E-state index in [9.17, 15) is 10.1 Å². The molecule has 0 heterocycles. The Balaban J connectivity index is 3.04. The largest absolute Gasteiger partial charge is 0.486 e. The molecular weight excluding hydrogens is 366 g/mol. The molecule has 0 N–H and O–H groups in total. The van der Waals surface area contributed by atoms with E-state index in [4.69, 9.17) is 4.74 Å². The minimum Gasteiger partial charge on any atom is -0.486 e. The molecular formula is C12H15Br2NO3. The number of hydrogen-bond donors (Lipinski definition) is 0. The third-order valence-corrected chi connectivity index (χ3v) is 4.36. The van der Waals surface area contributed by atoms with E-state index >= 15 is 0 Å². The third-order valence-electron chi connectivity index (χ3n) is 2.39. The molecule has 1 rings (SSSR count). The van der Waals surface area contributed by atoms with Gasteiger partial charge in [-0.15, -0.1) is 0 Å². The van der Waals surface area contributed by atoms with E-state index in [2.05, 4.69) is 31.9 Å². The summed E-state index contributed by atoms with van der Waals surface area (Å²) < 4.78 is 6.33. The second kappa shape index (κ2) is 6.02.